The SMILES string of the molecule is CSCCCNc1cnc(C)c(C)n1. The van der Waals surface area contributed by atoms with Crippen LogP contribution in [0.3, 0.4) is 0 Å². The van der Waals surface area contributed by atoms with Crippen LogP contribution in [0.4, 0.5) is 5.82 Å². The molecule has 78 valence electrons. The zero-order chi connectivity index (χ0) is 10.4. The van der Waals surface area contributed by atoms with Crippen LogP contribution in [-0.4, -0.2) is 28.5 Å². The molecule has 0 fully saturated rings. The Kier molecular flexibility index (Phi) is 4.73. The van der Waals surface area contributed by atoms with Gasteiger partial charge in [0.15, 0.2) is 0 Å². The van der Waals surface area contributed by atoms with Crippen LogP contribution in [0.25, 0.3) is 0 Å². The number of aromatic nitrogens is 2. The number of thioether (sulfide) groups is 1. The molecule has 0 amide bonds. The summed E-state index contributed by atoms with van der Waals surface area (Å²) in [6.45, 7) is 4.92. The van der Waals surface area contributed by atoms with Gasteiger partial charge in [0, 0.05) is 6.54 Å². The summed E-state index contributed by atoms with van der Waals surface area (Å²) in [5, 5.41) is 3.26. The number of hydrogen-bond acceptors (Lipinski definition) is 4. The van der Waals surface area contributed by atoms with E-state index in [0.717, 1.165) is 30.2 Å². The third kappa shape index (κ3) is 3.54. The summed E-state index contributed by atoms with van der Waals surface area (Å²) < 4.78 is 0. The molecule has 1 heterocycles. The highest BCUT2D eigenvalue weighted by atomic mass is 32.2. The average Bonchev–Trinajstić information content (AvgIpc) is 2.18. The number of nitrogens with zero attached hydrogens (tertiary/aromatic N) is 2. The molecule has 0 aliphatic rings. The van der Waals surface area contributed by atoms with E-state index in [1.54, 1.807) is 6.20 Å². The monoisotopic (exact) mass is 211 g/mol. The maximum Gasteiger partial charge on any atom is 0.144 e. The van der Waals surface area contributed by atoms with Crippen molar-refractivity contribution in [3.8, 4) is 0 Å². The van der Waals surface area contributed by atoms with Gasteiger partial charge in [0.25, 0.3) is 0 Å². The lowest BCUT2D eigenvalue weighted by atomic mass is 10.3. The summed E-state index contributed by atoms with van der Waals surface area (Å²) in [4.78, 5) is 8.64. The lowest BCUT2D eigenvalue weighted by molar-refractivity contribution is 0.961. The summed E-state index contributed by atoms with van der Waals surface area (Å²) in [6, 6.07) is 0. The van der Waals surface area contributed by atoms with E-state index >= 15 is 0 Å². The molecule has 1 aromatic heterocycles. The topological polar surface area (TPSA) is 37.8 Å². The van der Waals surface area contributed by atoms with Crippen molar-refractivity contribution in [2.75, 3.05) is 23.9 Å². The Labute approximate surface area is 89.7 Å². The second-order valence-electron chi connectivity index (χ2n) is 3.20. The summed E-state index contributed by atoms with van der Waals surface area (Å²) >= 11 is 1.87. The quantitative estimate of drug-likeness (QED) is 0.758. The first-order chi connectivity index (χ1) is 6.74. The third-order valence-electron chi connectivity index (χ3n) is 2.02. The highest BCUT2D eigenvalue weighted by molar-refractivity contribution is 7.98. The van der Waals surface area contributed by atoms with Crippen molar-refractivity contribution in [3.63, 3.8) is 0 Å². The largest absolute Gasteiger partial charge is 0.369 e. The van der Waals surface area contributed by atoms with Gasteiger partial charge in [0.05, 0.1) is 17.6 Å². The Morgan fingerprint density at radius 3 is 2.79 bits per heavy atom. The maximum atomic E-state index is 4.39. The average molecular weight is 211 g/mol. The molecule has 1 aromatic rings. The van der Waals surface area contributed by atoms with Crippen molar-refractivity contribution >= 4 is 17.6 Å². The van der Waals surface area contributed by atoms with Crippen LogP contribution in [-0.2, 0) is 0 Å². The first-order valence-corrected chi connectivity index (χ1v) is 6.16. The Bertz CT molecular complexity index is 289. The molecule has 0 atom stereocenters. The van der Waals surface area contributed by atoms with Crippen molar-refractivity contribution < 1.29 is 0 Å². The Morgan fingerprint density at radius 2 is 2.14 bits per heavy atom. The van der Waals surface area contributed by atoms with E-state index in [9.17, 15) is 0 Å². The number of anilines is 1. The van der Waals surface area contributed by atoms with E-state index in [1.165, 1.54) is 5.75 Å². The zero-order valence-corrected chi connectivity index (χ0v) is 9.82. The Morgan fingerprint density at radius 1 is 1.36 bits per heavy atom. The first kappa shape index (κ1) is 11.3. The molecular formula is C10H17N3S. The van der Waals surface area contributed by atoms with E-state index in [1.807, 2.05) is 25.6 Å². The number of hydrogen-bond donors (Lipinski definition) is 1. The molecular weight excluding hydrogens is 194 g/mol. The minimum absolute atomic E-state index is 0.884. The molecule has 0 unspecified atom stereocenters. The fourth-order valence-corrected chi connectivity index (χ4v) is 1.49. The second-order valence-corrected chi connectivity index (χ2v) is 4.18. The van der Waals surface area contributed by atoms with E-state index < -0.39 is 0 Å². The maximum absolute atomic E-state index is 4.39. The molecule has 0 radical (unpaired) electrons. The summed E-state index contributed by atoms with van der Waals surface area (Å²) in [6.07, 6.45) is 5.08. The highest BCUT2D eigenvalue weighted by Crippen LogP contribution is 2.05. The molecule has 1 rings (SSSR count). The van der Waals surface area contributed by atoms with E-state index in [-0.39, 0.29) is 0 Å². The van der Waals surface area contributed by atoms with Crippen LogP contribution in [0.5, 0.6) is 0 Å². The number of rotatable bonds is 5. The number of aryl methyl sites for hydroxylation is 2. The molecule has 1 N–H and O–H groups in total. The van der Waals surface area contributed by atoms with Gasteiger partial charge in [-0.25, -0.2) is 4.98 Å². The van der Waals surface area contributed by atoms with Gasteiger partial charge >= 0.3 is 0 Å². The summed E-state index contributed by atoms with van der Waals surface area (Å²) in [7, 11) is 0. The van der Waals surface area contributed by atoms with E-state index in [2.05, 4.69) is 21.5 Å². The highest BCUT2D eigenvalue weighted by Gasteiger charge is 1.97. The minimum Gasteiger partial charge on any atom is -0.369 e. The van der Waals surface area contributed by atoms with Crippen LogP contribution in [0.1, 0.15) is 17.8 Å². The van der Waals surface area contributed by atoms with Gasteiger partial charge in [-0.3, -0.25) is 4.98 Å². The lowest BCUT2D eigenvalue weighted by Crippen LogP contribution is -2.06. The normalized spacial score (nSPS) is 10.2. The van der Waals surface area contributed by atoms with Crippen molar-refractivity contribution in [3.05, 3.63) is 17.6 Å². The van der Waals surface area contributed by atoms with Gasteiger partial charge in [0.1, 0.15) is 5.82 Å². The summed E-state index contributed by atoms with van der Waals surface area (Å²) in [5.41, 5.74) is 2.00. The Hall–Kier alpha value is -0.770. The first-order valence-electron chi connectivity index (χ1n) is 4.77. The standard InChI is InChI=1S/C10H17N3S/c1-8-9(2)13-10(7-12-8)11-5-4-6-14-3/h7H,4-6H2,1-3H3,(H,11,13). The molecule has 3 nitrogen and oxygen atoms in total. The molecule has 0 bridgehead atoms. The van der Waals surface area contributed by atoms with Crippen molar-refractivity contribution in [1.29, 1.82) is 0 Å². The van der Waals surface area contributed by atoms with Gasteiger partial charge in [-0.05, 0) is 32.3 Å². The molecule has 14 heavy (non-hydrogen) atoms. The smallest absolute Gasteiger partial charge is 0.144 e. The third-order valence-corrected chi connectivity index (χ3v) is 2.72. The fraction of sp³-hybridized carbons (Fsp3) is 0.600. The fourth-order valence-electron chi connectivity index (χ4n) is 1.06. The van der Waals surface area contributed by atoms with Crippen LogP contribution < -0.4 is 5.32 Å². The van der Waals surface area contributed by atoms with Crippen LogP contribution in [0.15, 0.2) is 6.20 Å². The van der Waals surface area contributed by atoms with E-state index in [4.69, 9.17) is 0 Å². The van der Waals surface area contributed by atoms with Gasteiger partial charge in [-0.15, -0.1) is 0 Å². The van der Waals surface area contributed by atoms with Gasteiger partial charge in [0.2, 0.25) is 0 Å². The molecule has 4 heteroatoms. The molecule has 0 spiro atoms. The predicted octanol–water partition coefficient (Wildman–Crippen LogP) is 2.26. The second kappa shape index (κ2) is 5.86. The van der Waals surface area contributed by atoms with Crippen LogP contribution in [0.2, 0.25) is 0 Å². The van der Waals surface area contributed by atoms with Crippen LogP contribution >= 0.6 is 11.8 Å². The van der Waals surface area contributed by atoms with Gasteiger partial charge in [-0.1, -0.05) is 0 Å². The van der Waals surface area contributed by atoms with Crippen molar-refractivity contribution in [1.82, 2.24) is 9.97 Å². The zero-order valence-electron chi connectivity index (χ0n) is 9.00. The lowest BCUT2D eigenvalue weighted by Gasteiger charge is -2.06. The molecule has 0 saturated carbocycles. The minimum atomic E-state index is 0.884. The van der Waals surface area contributed by atoms with E-state index in [0.29, 0.717) is 0 Å². The van der Waals surface area contributed by atoms with Crippen molar-refractivity contribution in [2.45, 2.75) is 20.3 Å². The van der Waals surface area contributed by atoms with Gasteiger partial charge in [-0.2, -0.15) is 11.8 Å². The van der Waals surface area contributed by atoms with Crippen LogP contribution in [0, 0.1) is 13.8 Å². The van der Waals surface area contributed by atoms with Crippen molar-refractivity contribution in [2.24, 2.45) is 0 Å². The van der Waals surface area contributed by atoms with Gasteiger partial charge < -0.3 is 5.32 Å². The summed E-state index contributed by atoms with van der Waals surface area (Å²) in [5.74, 6) is 2.07. The molecule has 0 saturated heterocycles. The molecule has 0 aliphatic heterocycles. The molecule has 0 aromatic carbocycles. The predicted molar refractivity (Wildman–Crippen MR) is 63.0 cm³/mol. The Balaban J connectivity index is 2.39. The molecule has 0 aliphatic carbocycles. The number of nitrogens with one attached hydrogen (secondary N) is 1.